The lowest BCUT2D eigenvalue weighted by Gasteiger charge is -2.29. The molecule has 1 N–H and O–H groups in total. The maximum absolute atomic E-state index is 13.9. The summed E-state index contributed by atoms with van der Waals surface area (Å²) in [6.45, 7) is 4.78. The zero-order chi connectivity index (χ0) is 26.5. The number of hydrogen-bond donors (Lipinski definition) is 1. The van der Waals surface area contributed by atoms with E-state index in [9.17, 15) is 9.18 Å². The second-order valence-electron chi connectivity index (χ2n) is 10.2. The number of aryl methyl sites for hydroxylation is 2. The molecule has 0 spiro atoms. The van der Waals surface area contributed by atoms with E-state index in [1.54, 1.807) is 6.07 Å². The second-order valence-corrected chi connectivity index (χ2v) is 11.1. The highest BCUT2D eigenvalue weighted by atomic mass is 79.9. The Kier molecular flexibility index (Phi) is 8.60. The topological polar surface area (TPSA) is 41.6 Å². The summed E-state index contributed by atoms with van der Waals surface area (Å²) in [5.41, 5.74) is 6.86. The molecular weight excluding hydrogens is 543 g/mol. The molecule has 3 aromatic carbocycles. The number of amides is 1. The second kappa shape index (κ2) is 12.3. The fourth-order valence-electron chi connectivity index (χ4n) is 5.02. The van der Waals surface area contributed by atoms with E-state index >= 15 is 0 Å². The Morgan fingerprint density at radius 1 is 1.11 bits per heavy atom. The van der Waals surface area contributed by atoms with Crippen molar-refractivity contribution in [2.45, 2.75) is 51.6 Å². The Labute approximate surface area is 233 Å². The van der Waals surface area contributed by atoms with Crippen LogP contribution in [-0.4, -0.2) is 36.5 Å². The minimum atomic E-state index is -0.306. The number of benzene rings is 3. The van der Waals surface area contributed by atoms with Crippen molar-refractivity contribution in [3.05, 3.63) is 105 Å². The number of nitrogens with zero attached hydrogens (tertiary/aromatic N) is 1. The number of rotatable bonds is 10. The lowest BCUT2D eigenvalue weighted by atomic mass is 9.92. The van der Waals surface area contributed by atoms with Crippen LogP contribution in [0.2, 0.25) is 0 Å². The molecule has 1 aliphatic heterocycles. The lowest BCUT2D eigenvalue weighted by molar-refractivity contribution is -0.128. The van der Waals surface area contributed by atoms with Gasteiger partial charge in [-0.25, -0.2) is 4.39 Å². The van der Waals surface area contributed by atoms with E-state index in [1.165, 1.54) is 28.8 Å². The van der Waals surface area contributed by atoms with Gasteiger partial charge < -0.3 is 15.0 Å². The number of ether oxygens (including phenoxy) is 1. The van der Waals surface area contributed by atoms with Crippen molar-refractivity contribution in [3.8, 4) is 5.75 Å². The third-order valence-electron chi connectivity index (χ3n) is 7.39. The van der Waals surface area contributed by atoms with E-state index in [1.807, 2.05) is 6.07 Å². The molecule has 4 nitrogen and oxygen atoms in total. The molecule has 1 heterocycles. The van der Waals surface area contributed by atoms with Crippen molar-refractivity contribution >= 4 is 27.4 Å². The Balaban J connectivity index is 1.25. The van der Waals surface area contributed by atoms with Gasteiger partial charge >= 0.3 is 0 Å². The van der Waals surface area contributed by atoms with Gasteiger partial charge in [-0.2, -0.15) is 0 Å². The summed E-state index contributed by atoms with van der Waals surface area (Å²) in [6, 6.07) is 21.8. The Bertz CT molecular complexity index is 1320. The van der Waals surface area contributed by atoms with Gasteiger partial charge in [-0.15, -0.1) is 0 Å². The van der Waals surface area contributed by atoms with Gasteiger partial charge in [0.25, 0.3) is 5.91 Å². The summed E-state index contributed by atoms with van der Waals surface area (Å²) in [4.78, 5) is 16.0. The highest BCUT2D eigenvalue weighted by Crippen LogP contribution is 2.33. The lowest BCUT2D eigenvalue weighted by Crippen LogP contribution is -2.39. The number of nitrogens with one attached hydrogen (secondary N) is 1. The molecule has 0 saturated heterocycles. The first-order valence-corrected chi connectivity index (χ1v) is 14.2. The van der Waals surface area contributed by atoms with E-state index in [-0.39, 0.29) is 11.7 Å². The number of halogens is 2. The monoisotopic (exact) mass is 576 g/mol. The van der Waals surface area contributed by atoms with Gasteiger partial charge in [-0.05, 0) is 101 Å². The van der Waals surface area contributed by atoms with Crippen LogP contribution in [0.4, 0.5) is 4.39 Å². The van der Waals surface area contributed by atoms with E-state index in [0.29, 0.717) is 31.5 Å². The van der Waals surface area contributed by atoms with Gasteiger partial charge in [0.1, 0.15) is 11.6 Å². The molecule has 3 aromatic rings. The third-order valence-corrected chi connectivity index (χ3v) is 8.04. The average molecular weight is 578 g/mol. The van der Waals surface area contributed by atoms with Gasteiger partial charge in [0.15, 0.2) is 0 Å². The minimum absolute atomic E-state index is 0.169. The van der Waals surface area contributed by atoms with E-state index < -0.39 is 0 Å². The van der Waals surface area contributed by atoms with Crippen LogP contribution < -0.4 is 10.1 Å². The summed E-state index contributed by atoms with van der Waals surface area (Å²) in [5.74, 6) is 0.389. The van der Waals surface area contributed by atoms with Crippen LogP contribution in [0.3, 0.4) is 0 Å². The molecule has 1 fully saturated rings. The molecule has 6 heteroatoms. The van der Waals surface area contributed by atoms with Crippen molar-refractivity contribution in [1.82, 2.24) is 10.2 Å². The van der Waals surface area contributed by atoms with E-state index in [4.69, 9.17) is 4.74 Å². The normalized spacial score (nSPS) is 15.4. The minimum Gasteiger partial charge on any atom is -0.492 e. The predicted octanol–water partition coefficient (Wildman–Crippen LogP) is 6.85. The highest BCUT2D eigenvalue weighted by Gasteiger charge is 2.35. The predicted molar refractivity (Wildman–Crippen MR) is 154 cm³/mol. The van der Waals surface area contributed by atoms with Crippen LogP contribution >= 0.6 is 15.9 Å². The maximum atomic E-state index is 13.9. The fraction of sp³-hybridized carbons (Fsp3) is 0.344. The van der Waals surface area contributed by atoms with Crippen LogP contribution in [0.15, 0.2) is 76.8 Å². The fourth-order valence-corrected chi connectivity index (χ4v) is 5.38. The quantitative estimate of drug-likeness (QED) is 0.268. The molecule has 2 aliphatic rings. The molecule has 1 saturated carbocycles. The van der Waals surface area contributed by atoms with Crippen molar-refractivity contribution in [3.63, 3.8) is 0 Å². The SMILES string of the molecule is Cc1ccccc1CN(C(=O)C1=C(c2ccc(CCCOc3cc(F)ccc3Br)cc2)CCNC1)C1CC1. The molecule has 1 amide bonds. The van der Waals surface area contributed by atoms with Crippen LogP contribution in [-0.2, 0) is 17.8 Å². The highest BCUT2D eigenvalue weighted by molar-refractivity contribution is 9.10. The standard InChI is InChI=1S/C32H34BrFN2O2/c1-22-5-2-3-7-25(22)21-36(27-13-14-27)32(37)29-20-35-17-16-28(29)24-10-8-23(9-11-24)6-4-18-38-31-19-26(34)12-15-30(31)33/h2-3,5,7-12,15,19,27,35H,4,6,13-14,16-18,20-21H2,1H3. The van der Waals surface area contributed by atoms with E-state index in [2.05, 4.69) is 75.5 Å². The van der Waals surface area contributed by atoms with Crippen molar-refractivity contribution in [1.29, 1.82) is 0 Å². The largest absolute Gasteiger partial charge is 0.492 e. The first kappa shape index (κ1) is 26.6. The Hall–Kier alpha value is -2.96. The van der Waals surface area contributed by atoms with Gasteiger partial charge in [-0.3, -0.25) is 4.79 Å². The van der Waals surface area contributed by atoms with Gasteiger partial charge in [-0.1, -0.05) is 48.5 Å². The van der Waals surface area contributed by atoms with Crippen LogP contribution in [0.25, 0.3) is 5.57 Å². The number of hydrogen-bond acceptors (Lipinski definition) is 3. The van der Waals surface area contributed by atoms with Crippen LogP contribution in [0.1, 0.15) is 47.9 Å². The molecule has 0 radical (unpaired) electrons. The maximum Gasteiger partial charge on any atom is 0.251 e. The van der Waals surface area contributed by atoms with Gasteiger partial charge in [0, 0.05) is 30.8 Å². The van der Waals surface area contributed by atoms with Crippen LogP contribution in [0.5, 0.6) is 5.75 Å². The molecule has 5 rings (SSSR count). The van der Waals surface area contributed by atoms with Crippen molar-refractivity contribution in [2.75, 3.05) is 19.7 Å². The molecule has 0 atom stereocenters. The molecule has 0 bridgehead atoms. The Morgan fingerprint density at radius 3 is 2.66 bits per heavy atom. The zero-order valence-corrected chi connectivity index (χ0v) is 23.4. The summed E-state index contributed by atoms with van der Waals surface area (Å²) in [5, 5.41) is 3.43. The van der Waals surface area contributed by atoms with Crippen molar-refractivity contribution in [2.24, 2.45) is 0 Å². The molecule has 198 valence electrons. The molecular formula is C32H34BrFN2O2. The Morgan fingerprint density at radius 2 is 1.89 bits per heavy atom. The van der Waals surface area contributed by atoms with Gasteiger partial charge in [0.05, 0.1) is 11.1 Å². The van der Waals surface area contributed by atoms with E-state index in [0.717, 1.165) is 59.8 Å². The van der Waals surface area contributed by atoms with Crippen LogP contribution in [0, 0.1) is 12.7 Å². The summed E-state index contributed by atoms with van der Waals surface area (Å²) < 4.78 is 20.0. The molecule has 0 aromatic heterocycles. The van der Waals surface area contributed by atoms with Crippen molar-refractivity contribution < 1.29 is 13.9 Å². The van der Waals surface area contributed by atoms with Gasteiger partial charge in [0.2, 0.25) is 0 Å². The zero-order valence-electron chi connectivity index (χ0n) is 21.8. The number of carbonyl (C=O) groups is 1. The summed E-state index contributed by atoms with van der Waals surface area (Å²) in [6.07, 6.45) is 4.71. The first-order chi connectivity index (χ1) is 18.5. The molecule has 0 unspecified atom stereocenters. The summed E-state index contributed by atoms with van der Waals surface area (Å²) in [7, 11) is 0. The molecule has 38 heavy (non-hydrogen) atoms. The summed E-state index contributed by atoms with van der Waals surface area (Å²) >= 11 is 3.40. The molecule has 1 aliphatic carbocycles. The smallest absolute Gasteiger partial charge is 0.251 e. The number of carbonyl (C=O) groups excluding carboxylic acids is 1. The average Bonchev–Trinajstić information content (AvgIpc) is 3.78. The third kappa shape index (κ3) is 6.54. The first-order valence-electron chi connectivity index (χ1n) is 13.4.